The van der Waals surface area contributed by atoms with Crippen LogP contribution in [-0.4, -0.2) is 33.9 Å². The maximum atomic E-state index is 10.2. The molecule has 3 aromatic rings. The van der Waals surface area contributed by atoms with Crippen molar-refractivity contribution in [3.63, 3.8) is 0 Å². The van der Waals surface area contributed by atoms with E-state index in [1.807, 2.05) is 48.5 Å². The fourth-order valence-electron chi connectivity index (χ4n) is 2.95. The Morgan fingerprint density at radius 1 is 1.19 bits per heavy atom. The van der Waals surface area contributed by atoms with E-state index < -0.39 is 6.10 Å². The zero-order chi connectivity index (χ0) is 19.2. The van der Waals surface area contributed by atoms with Crippen molar-refractivity contribution in [3.05, 3.63) is 54.1 Å². The summed E-state index contributed by atoms with van der Waals surface area (Å²) in [5.74, 6) is 1.41. The van der Waals surface area contributed by atoms with E-state index in [0.717, 1.165) is 22.5 Å². The monoisotopic (exact) mass is 364 g/mol. The number of aliphatic hydroxyl groups excluding tert-OH is 1. The Morgan fingerprint density at radius 2 is 1.93 bits per heavy atom. The van der Waals surface area contributed by atoms with Crippen molar-refractivity contribution in [2.75, 3.05) is 18.5 Å². The summed E-state index contributed by atoms with van der Waals surface area (Å²) in [5, 5.41) is 22.2. The van der Waals surface area contributed by atoms with Gasteiger partial charge in [-0.1, -0.05) is 24.3 Å². The Labute approximate surface area is 159 Å². The van der Waals surface area contributed by atoms with Gasteiger partial charge in [0.2, 0.25) is 5.95 Å². The first-order chi connectivity index (χ1) is 13.1. The Morgan fingerprint density at radius 3 is 2.63 bits per heavy atom. The van der Waals surface area contributed by atoms with Gasteiger partial charge in [0.25, 0.3) is 0 Å². The summed E-state index contributed by atoms with van der Waals surface area (Å²) in [6, 6.07) is 17.7. The lowest BCUT2D eigenvalue weighted by atomic mass is 10.2. The van der Waals surface area contributed by atoms with Gasteiger partial charge in [-0.15, -0.1) is 0 Å². The van der Waals surface area contributed by atoms with Crippen molar-refractivity contribution >= 4 is 17.0 Å². The van der Waals surface area contributed by atoms with Gasteiger partial charge in [-0.25, -0.2) is 4.98 Å². The van der Waals surface area contributed by atoms with E-state index >= 15 is 0 Å². The second-order valence-electron chi connectivity index (χ2n) is 6.71. The second kappa shape index (κ2) is 8.56. The molecule has 0 amide bonds. The number of aliphatic hydroxyl groups is 1. The lowest BCUT2D eigenvalue weighted by Gasteiger charge is -2.17. The van der Waals surface area contributed by atoms with Crippen LogP contribution in [0.2, 0.25) is 0 Å². The van der Waals surface area contributed by atoms with Gasteiger partial charge in [-0.2, -0.15) is 5.26 Å². The molecule has 140 valence electrons. The zero-order valence-corrected chi connectivity index (χ0v) is 15.6. The van der Waals surface area contributed by atoms with Crippen LogP contribution >= 0.6 is 0 Å². The Bertz CT molecular complexity index is 925. The zero-order valence-electron chi connectivity index (χ0n) is 15.6. The van der Waals surface area contributed by atoms with Crippen molar-refractivity contribution in [3.8, 4) is 11.8 Å². The number of fused-ring (bicyclic) bond motifs is 1. The van der Waals surface area contributed by atoms with Crippen LogP contribution in [0.4, 0.5) is 5.95 Å². The van der Waals surface area contributed by atoms with E-state index in [4.69, 9.17) is 10.00 Å². The smallest absolute Gasteiger partial charge is 0.204 e. The molecule has 0 saturated heterocycles. The molecule has 0 aliphatic heterocycles. The molecule has 0 aliphatic carbocycles. The Hall–Kier alpha value is -3.04. The molecule has 1 heterocycles. The summed E-state index contributed by atoms with van der Waals surface area (Å²) in [6.45, 7) is 4.72. The highest BCUT2D eigenvalue weighted by atomic mass is 16.5. The van der Waals surface area contributed by atoms with Crippen molar-refractivity contribution < 1.29 is 9.84 Å². The molecule has 1 unspecified atom stereocenters. The largest absolute Gasteiger partial charge is 0.491 e. The standard InChI is InChI=1S/C21H24N4O2/c1-15(2)25-20-6-4-3-5-19(20)24-21(25)23-13-17(26)14-27-18-9-7-16(8-10-18)11-12-22/h3-10,15,17,26H,11,13-14H2,1-2H3,(H,23,24). The molecule has 3 rings (SSSR count). The molecule has 0 radical (unpaired) electrons. The maximum absolute atomic E-state index is 10.2. The number of aromatic nitrogens is 2. The van der Waals surface area contributed by atoms with Crippen LogP contribution in [-0.2, 0) is 6.42 Å². The molecule has 0 aliphatic rings. The van der Waals surface area contributed by atoms with Crippen LogP contribution in [0.25, 0.3) is 11.0 Å². The SMILES string of the molecule is CC(C)n1c(NCC(O)COc2ccc(CC#N)cc2)nc2ccccc21. The number of anilines is 1. The molecule has 0 saturated carbocycles. The quantitative estimate of drug-likeness (QED) is 0.639. The number of benzene rings is 2. The minimum absolute atomic E-state index is 0.173. The van der Waals surface area contributed by atoms with Gasteiger partial charge in [0, 0.05) is 12.6 Å². The highest BCUT2D eigenvalue weighted by molar-refractivity contribution is 5.78. The first kappa shape index (κ1) is 18.7. The number of hydrogen-bond donors (Lipinski definition) is 2. The van der Waals surface area contributed by atoms with Crippen LogP contribution < -0.4 is 10.1 Å². The average Bonchev–Trinajstić information content (AvgIpc) is 3.04. The summed E-state index contributed by atoms with van der Waals surface area (Å²) < 4.78 is 7.75. The van der Waals surface area contributed by atoms with Gasteiger partial charge in [-0.05, 0) is 43.7 Å². The third-order valence-corrected chi connectivity index (χ3v) is 4.26. The molecule has 1 atom stereocenters. The van der Waals surface area contributed by atoms with Crippen LogP contribution in [0.15, 0.2) is 48.5 Å². The van der Waals surface area contributed by atoms with Gasteiger partial charge in [-0.3, -0.25) is 0 Å². The fourth-order valence-corrected chi connectivity index (χ4v) is 2.95. The third-order valence-electron chi connectivity index (χ3n) is 4.26. The topological polar surface area (TPSA) is 83.1 Å². The minimum atomic E-state index is -0.677. The van der Waals surface area contributed by atoms with E-state index in [9.17, 15) is 5.11 Å². The number of para-hydroxylation sites is 2. The number of nitrogens with one attached hydrogen (secondary N) is 1. The number of nitriles is 1. The number of imidazole rings is 1. The van der Waals surface area contributed by atoms with Gasteiger partial charge in [0.15, 0.2) is 0 Å². The van der Waals surface area contributed by atoms with Gasteiger partial charge in [0.1, 0.15) is 18.5 Å². The van der Waals surface area contributed by atoms with E-state index in [2.05, 4.69) is 34.8 Å². The maximum Gasteiger partial charge on any atom is 0.204 e. The predicted octanol–water partition coefficient (Wildman–Crippen LogP) is 3.54. The summed E-state index contributed by atoms with van der Waals surface area (Å²) in [5.41, 5.74) is 2.94. The van der Waals surface area contributed by atoms with Gasteiger partial charge >= 0.3 is 0 Å². The highest BCUT2D eigenvalue weighted by Crippen LogP contribution is 2.24. The normalized spacial score (nSPS) is 12.1. The molecule has 0 bridgehead atoms. The molecule has 2 aromatic carbocycles. The van der Waals surface area contributed by atoms with Crippen molar-refractivity contribution in [1.29, 1.82) is 5.26 Å². The number of nitrogens with zero attached hydrogens (tertiary/aromatic N) is 3. The van der Waals surface area contributed by atoms with Gasteiger partial charge in [0.05, 0.1) is 23.5 Å². The van der Waals surface area contributed by atoms with Crippen molar-refractivity contribution in [2.45, 2.75) is 32.4 Å². The number of ether oxygens (including phenoxy) is 1. The third kappa shape index (κ3) is 4.57. The molecule has 0 spiro atoms. The van der Waals surface area contributed by atoms with Crippen LogP contribution in [0.1, 0.15) is 25.5 Å². The molecule has 0 fully saturated rings. The molecule has 1 aromatic heterocycles. The molecule has 2 N–H and O–H groups in total. The molecule has 6 heteroatoms. The first-order valence-corrected chi connectivity index (χ1v) is 9.06. The summed E-state index contributed by atoms with van der Waals surface area (Å²) >= 11 is 0. The minimum Gasteiger partial charge on any atom is -0.491 e. The molecular formula is C21H24N4O2. The number of rotatable bonds is 8. The van der Waals surface area contributed by atoms with Gasteiger partial charge < -0.3 is 19.7 Å². The molecule has 6 nitrogen and oxygen atoms in total. The van der Waals surface area contributed by atoms with E-state index in [-0.39, 0.29) is 12.6 Å². The van der Waals surface area contributed by atoms with Crippen molar-refractivity contribution in [2.24, 2.45) is 0 Å². The van der Waals surface area contributed by atoms with E-state index in [1.54, 1.807) is 0 Å². The molecule has 27 heavy (non-hydrogen) atoms. The lowest BCUT2D eigenvalue weighted by molar-refractivity contribution is 0.117. The van der Waals surface area contributed by atoms with E-state index in [1.165, 1.54) is 0 Å². The average molecular weight is 364 g/mol. The predicted molar refractivity (Wildman–Crippen MR) is 106 cm³/mol. The Balaban J connectivity index is 1.57. The second-order valence-corrected chi connectivity index (χ2v) is 6.71. The summed E-state index contributed by atoms with van der Waals surface area (Å²) in [7, 11) is 0. The summed E-state index contributed by atoms with van der Waals surface area (Å²) in [6.07, 6.45) is -0.298. The van der Waals surface area contributed by atoms with Crippen LogP contribution in [0, 0.1) is 11.3 Å². The van der Waals surface area contributed by atoms with Crippen LogP contribution in [0.3, 0.4) is 0 Å². The first-order valence-electron chi connectivity index (χ1n) is 9.06. The Kier molecular flexibility index (Phi) is 5.94. The molecular weight excluding hydrogens is 340 g/mol. The van der Waals surface area contributed by atoms with Crippen LogP contribution in [0.5, 0.6) is 5.75 Å². The summed E-state index contributed by atoms with van der Waals surface area (Å²) in [4.78, 5) is 4.62. The highest BCUT2D eigenvalue weighted by Gasteiger charge is 2.14. The number of hydrogen-bond acceptors (Lipinski definition) is 5. The lowest BCUT2D eigenvalue weighted by Crippen LogP contribution is -2.27. The van der Waals surface area contributed by atoms with E-state index in [0.29, 0.717) is 18.7 Å². The fraction of sp³-hybridized carbons (Fsp3) is 0.333. The van der Waals surface area contributed by atoms with Crippen molar-refractivity contribution in [1.82, 2.24) is 9.55 Å².